The van der Waals surface area contributed by atoms with Crippen molar-refractivity contribution in [3.8, 4) is 0 Å². The van der Waals surface area contributed by atoms with E-state index in [-0.39, 0.29) is 51.9 Å². The maximum atomic E-state index is 12.9. The van der Waals surface area contributed by atoms with Gasteiger partial charge in [0.1, 0.15) is 0 Å². The highest BCUT2D eigenvalue weighted by molar-refractivity contribution is 7.90. The third kappa shape index (κ3) is 5.31. The Kier molecular flexibility index (Phi) is 8.36. The van der Waals surface area contributed by atoms with Gasteiger partial charge in [0.2, 0.25) is 5.91 Å². The molecule has 0 bridgehead atoms. The number of alkyl halides is 3. The lowest BCUT2D eigenvalue weighted by Gasteiger charge is -2.64. The van der Waals surface area contributed by atoms with E-state index in [1.54, 1.807) is 0 Å². The Bertz CT molecular complexity index is 1270. The zero-order chi connectivity index (χ0) is 30.8. The summed E-state index contributed by atoms with van der Waals surface area (Å²) >= 11 is 0. The topological polar surface area (TPSA) is 104 Å². The van der Waals surface area contributed by atoms with Crippen molar-refractivity contribution in [1.29, 1.82) is 0 Å². The maximum Gasteiger partial charge on any atom is 0.416 e. The van der Waals surface area contributed by atoms with Gasteiger partial charge in [-0.2, -0.15) is 13.2 Å². The van der Waals surface area contributed by atoms with E-state index in [2.05, 4.69) is 25.5 Å². The smallest absolute Gasteiger partial charge is 0.393 e. The monoisotopic (exact) mass is 613 g/mol. The Hall–Kier alpha value is -1.65. The molecule has 6 nitrogen and oxygen atoms in total. The first kappa shape index (κ1) is 31.8. The van der Waals surface area contributed by atoms with Crippen molar-refractivity contribution < 1.29 is 36.6 Å². The largest absolute Gasteiger partial charge is 0.416 e. The van der Waals surface area contributed by atoms with E-state index < -0.39 is 33.8 Å². The lowest BCUT2D eigenvalue weighted by atomic mass is 9.41. The predicted octanol–water partition coefficient (Wildman–Crippen LogP) is 6.16. The van der Waals surface area contributed by atoms with Crippen LogP contribution in [0.25, 0.3) is 0 Å². The Labute approximate surface area is 247 Å². The number of aliphatic hydroxyl groups excluding tert-OH is 2. The lowest BCUT2D eigenvalue weighted by molar-refractivity contribution is -0.203. The van der Waals surface area contributed by atoms with Crippen molar-refractivity contribution in [2.75, 3.05) is 0 Å². The fraction of sp³-hybridized carbons (Fsp3) is 0.781. The van der Waals surface area contributed by atoms with Crippen molar-refractivity contribution in [2.45, 2.75) is 109 Å². The van der Waals surface area contributed by atoms with Gasteiger partial charge in [-0.1, -0.05) is 34.1 Å². The molecule has 3 unspecified atom stereocenters. The molecule has 4 saturated carbocycles. The molecule has 3 N–H and O–H groups in total. The van der Waals surface area contributed by atoms with Crippen LogP contribution < -0.4 is 4.72 Å². The fourth-order valence-electron chi connectivity index (χ4n) is 10.4. The van der Waals surface area contributed by atoms with Crippen LogP contribution in [0.2, 0.25) is 0 Å². The summed E-state index contributed by atoms with van der Waals surface area (Å²) in [7, 11) is -4.30. The molecule has 5 rings (SSSR count). The van der Waals surface area contributed by atoms with E-state index in [0.717, 1.165) is 63.5 Å². The normalized spacial score (nSPS) is 40.9. The van der Waals surface area contributed by atoms with Crippen LogP contribution in [-0.4, -0.2) is 36.7 Å². The summed E-state index contributed by atoms with van der Waals surface area (Å²) in [6.07, 6.45) is 2.03. The van der Waals surface area contributed by atoms with Crippen molar-refractivity contribution in [3.63, 3.8) is 0 Å². The van der Waals surface area contributed by atoms with Crippen molar-refractivity contribution in [3.05, 3.63) is 29.8 Å². The maximum absolute atomic E-state index is 12.9. The van der Waals surface area contributed by atoms with Gasteiger partial charge >= 0.3 is 6.18 Å². The Balaban J connectivity index is 1.29. The first-order chi connectivity index (χ1) is 19.5. The molecule has 1 aromatic carbocycles. The number of hydrogen-bond acceptors (Lipinski definition) is 5. The van der Waals surface area contributed by atoms with Gasteiger partial charge in [-0.25, -0.2) is 13.1 Å². The van der Waals surface area contributed by atoms with Gasteiger partial charge in [0.25, 0.3) is 10.0 Å². The zero-order valence-corrected chi connectivity index (χ0v) is 25.8. The van der Waals surface area contributed by atoms with Crippen LogP contribution in [0, 0.1) is 52.3 Å². The number of aliphatic hydroxyl groups is 2. The summed E-state index contributed by atoms with van der Waals surface area (Å²) in [4.78, 5) is 12.6. The Morgan fingerprint density at radius 1 is 1.00 bits per heavy atom. The summed E-state index contributed by atoms with van der Waals surface area (Å²) < 4.78 is 66.2. The molecule has 4 aliphatic carbocycles. The molecule has 0 aliphatic heterocycles. The Morgan fingerprint density at radius 2 is 1.62 bits per heavy atom. The van der Waals surface area contributed by atoms with Crippen LogP contribution in [0.5, 0.6) is 0 Å². The number of carbonyl (C=O) groups excluding carboxylic acids is 1. The molecule has 0 aromatic heterocycles. The van der Waals surface area contributed by atoms with Gasteiger partial charge in [0.15, 0.2) is 0 Å². The van der Waals surface area contributed by atoms with Gasteiger partial charge in [0, 0.05) is 6.42 Å². The van der Waals surface area contributed by atoms with Crippen molar-refractivity contribution in [1.82, 2.24) is 4.72 Å². The van der Waals surface area contributed by atoms with Crippen LogP contribution in [0.4, 0.5) is 13.2 Å². The summed E-state index contributed by atoms with van der Waals surface area (Å²) in [6, 6.07) is 3.11. The summed E-state index contributed by atoms with van der Waals surface area (Å²) in [5.41, 5.74) is -0.940. The third-order valence-corrected chi connectivity index (χ3v) is 13.8. The van der Waals surface area contributed by atoms with E-state index in [4.69, 9.17) is 0 Å². The minimum absolute atomic E-state index is 0.00124. The minimum Gasteiger partial charge on any atom is -0.393 e. The standard InChI is InChI=1S/C32H46F3NO5S/c1-5-22-26-17-20(37)12-14-31(26,4)25-13-15-30(3)23(10-11-24(30)28(25)29(22)39)18(2)16-27(38)36-42(40,41)21-8-6-19(7-9-21)32(33,34)35/h6-9,18,20,22-26,28-29,37,39H,5,10-17H2,1-4H3,(H,36,38)/t18-,20-,22-,23-,24?,25?,26+,28?,29-,30-,31-/m1/s1. The molecular formula is C32H46F3NO5S. The number of benzene rings is 1. The molecule has 4 fully saturated rings. The number of carbonyl (C=O) groups is 1. The molecule has 1 aromatic rings. The van der Waals surface area contributed by atoms with Crippen LogP contribution in [0.15, 0.2) is 29.2 Å². The zero-order valence-electron chi connectivity index (χ0n) is 25.0. The molecule has 10 heteroatoms. The van der Waals surface area contributed by atoms with E-state index in [9.17, 15) is 36.6 Å². The second-order valence-electron chi connectivity index (χ2n) is 14.4. The number of rotatable bonds is 6. The van der Waals surface area contributed by atoms with Gasteiger partial charge in [-0.15, -0.1) is 0 Å². The highest BCUT2D eigenvalue weighted by Crippen LogP contribution is 2.69. The number of halogens is 3. The molecule has 11 atom stereocenters. The average Bonchev–Trinajstić information content (AvgIpc) is 3.26. The quantitative estimate of drug-likeness (QED) is 0.357. The molecule has 0 spiro atoms. The van der Waals surface area contributed by atoms with E-state index in [0.29, 0.717) is 29.9 Å². The van der Waals surface area contributed by atoms with Crippen LogP contribution >= 0.6 is 0 Å². The SMILES string of the molecule is CC[C@H]1[C@@H](O)C2C3CC[C@H]([C@H](C)CC(=O)NS(=O)(=O)c4ccc(C(F)(F)F)cc4)[C@@]3(C)CCC2[C@@]2(C)CC[C@@H](O)C[C@@H]12. The summed E-state index contributed by atoms with van der Waals surface area (Å²) in [5, 5.41) is 22.4. The summed E-state index contributed by atoms with van der Waals surface area (Å²) in [6.45, 7) is 8.83. The van der Waals surface area contributed by atoms with E-state index in [1.807, 2.05) is 6.92 Å². The van der Waals surface area contributed by atoms with Crippen LogP contribution in [-0.2, 0) is 21.0 Å². The van der Waals surface area contributed by atoms with Gasteiger partial charge in [-0.05, 0) is 121 Å². The van der Waals surface area contributed by atoms with Crippen molar-refractivity contribution >= 4 is 15.9 Å². The Morgan fingerprint density at radius 3 is 2.24 bits per heavy atom. The first-order valence-corrected chi connectivity index (χ1v) is 17.1. The van der Waals surface area contributed by atoms with Gasteiger partial charge < -0.3 is 10.2 Å². The highest BCUT2D eigenvalue weighted by Gasteiger charge is 2.65. The molecule has 42 heavy (non-hydrogen) atoms. The molecule has 4 aliphatic rings. The molecule has 0 saturated heterocycles. The molecular weight excluding hydrogens is 567 g/mol. The first-order valence-electron chi connectivity index (χ1n) is 15.6. The van der Waals surface area contributed by atoms with Gasteiger partial charge in [0.05, 0.1) is 22.7 Å². The molecule has 1 amide bonds. The number of hydrogen-bond donors (Lipinski definition) is 3. The number of nitrogens with one attached hydrogen (secondary N) is 1. The minimum atomic E-state index is -4.58. The molecule has 0 heterocycles. The van der Waals surface area contributed by atoms with E-state index in [1.165, 1.54) is 0 Å². The highest BCUT2D eigenvalue weighted by atomic mass is 32.2. The second kappa shape index (κ2) is 11.1. The number of sulfonamides is 1. The molecule has 236 valence electrons. The third-order valence-electron chi connectivity index (χ3n) is 12.4. The predicted molar refractivity (Wildman–Crippen MR) is 152 cm³/mol. The number of fused-ring (bicyclic) bond motifs is 5. The second-order valence-corrected chi connectivity index (χ2v) is 16.0. The number of amides is 1. The summed E-state index contributed by atoms with van der Waals surface area (Å²) in [5.74, 6) is 0.793. The fourth-order valence-corrected chi connectivity index (χ4v) is 11.4. The van der Waals surface area contributed by atoms with Crippen LogP contribution in [0.1, 0.15) is 91.0 Å². The average molecular weight is 614 g/mol. The lowest BCUT2D eigenvalue weighted by Crippen LogP contribution is -2.62. The van der Waals surface area contributed by atoms with Crippen molar-refractivity contribution in [2.24, 2.45) is 52.3 Å². The van der Waals surface area contributed by atoms with E-state index >= 15 is 0 Å². The molecule has 0 radical (unpaired) electrons. The van der Waals surface area contributed by atoms with Crippen LogP contribution in [0.3, 0.4) is 0 Å². The van der Waals surface area contributed by atoms with Gasteiger partial charge in [-0.3, -0.25) is 4.79 Å².